The summed E-state index contributed by atoms with van der Waals surface area (Å²) < 4.78 is 0. The van der Waals surface area contributed by atoms with Gasteiger partial charge in [-0.05, 0) is 42.0 Å². The molecular formula is C9H14Cl2O2. The molecule has 0 spiro atoms. The second-order valence-corrected chi connectivity index (χ2v) is 3.98. The molecule has 0 heterocycles. The van der Waals surface area contributed by atoms with Crippen molar-refractivity contribution in [1.29, 1.82) is 0 Å². The predicted molar refractivity (Wildman–Crippen MR) is 53.9 cm³/mol. The van der Waals surface area contributed by atoms with Gasteiger partial charge in [-0.3, -0.25) is 9.59 Å². The highest BCUT2D eigenvalue weighted by atomic mass is 35.5. The third-order valence-electron chi connectivity index (χ3n) is 2.21. The van der Waals surface area contributed by atoms with Crippen molar-refractivity contribution in [3.63, 3.8) is 0 Å². The molecule has 13 heavy (non-hydrogen) atoms. The number of hydrogen-bond acceptors (Lipinski definition) is 2. The molecule has 4 heteroatoms. The summed E-state index contributed by atoms with van der Waals surface area (Å²) in [7, 11) is 0. The number of hydrogen-bond donors (Lipinski definition) is 0. The third kappa shape index (κ3) is 5.27. The predicted octanol–water partition coefficient (Wildman–Crippen LogP) is 2.96. The van der Waals surface area contributed by atoms with Gasteiger partial charge in [0.15, 0.2) is 0 Å². The molecule has 0 fully saturated rings. The Morgan fingerprint density at radius 3 is 2.15 bits per heavy atom. The van der Waals surface area contributed by atoms with Crippen LogP contribution in [0.25, 0.3) is 0 Å². The monoisotopic (exact) mass is 224 g/mol. The van der Waals surface area contributed by atoms with Gasteiger partial charge in [-0.25, -0.2) is 0 Å². The molecule has 0 aromatic heterocycles. The standard InChI is InChI=1S/C9H14Cl2O2/c1-3-7(9(11)13)6(2)4-5-8(10)12/h6-7H,3-5H2,1-2H3. The molecule has 0 N–H and O–H groups in total. The van der Waals surface area contributed by atoms with Crippen LogP contribution in [0.15, 0.2) is 0 Å². The summed E-state index contributed by atoms with van der Waals surface area (Å²) in [6, 6.07) is 0. The molecule has 76 valence electrons. The normalized spacial score (nSPS) is 15.1. The lowest BCUT2D eigenvalue weighted by atomic mass is 9.89. The van der Waals surface area contributed by atoms with Gasteiger partial charge in [0.1, 0.15) is 0 Å². The Bertz CT molecular complexity index is 192. The van der Waals surface area contributed by atoms with Gasteiger partial charge in [-0.1, -0.05) is 13.8 Å². The fourth-order valence-electron chi connectivity index (χ4n) is 1.33. The fraction of sp³-hybridized carbons (Fsp3) is 0.778. The van der Waals surface area contributed by atoms with E-state index in [1.807, 2.05) is 13.8 Å². The second kappa shape index (κ2) is 6.39. The Kier molecular flexibility index (Phi) is 6.35. The van der Waals surface area contributed by atoms with Crippen LogP contribution in [0.4, 0.5) is 0 Å². The van der Waals surface area contributed by atoms with E-state index in [9.17, 15) is 9.59 Å². The van der Waals surface area contributed by atoms with E-state index in [1.165, 1.54) is 0 Å². The molecule has 2 unspecified atom stereocenters. The molecular weight excluding hydrogens is 211 g/mol. The van der Waals surface area contributed by atoms with Crippen LogP contribution in [0.1, 0.15) is 33.1 Å². The van der Waals surface area contributed by atoms with Gasteiger partial charge in [-0.2, -0.15) is 0 Å². The summed E-state index contributed by atoms with van der Waals surface area (Å²) in [5, 5.41) is -0.680. The fourth-order valence-corrected chi connectivity index (χ4v) is 1.81. The second-order valence-electron chi connectivity index (χ2n) is 3.19. The molecule has 0 aliphatic rings. The minimum Gasteiger partial charge on any atom is -0.281 e. The number of rotatable bonds is 6. The summed E-state index contributed by atoms with van der Waals surface area (Å²) in [4.78, 5) is 21.4. The Balaban J connectivity index is 3.98. The topological polar surface area (TPSA) is 34.1 Å². The van der Waals surface area contributed by atoms with Crippen molar-refractivity contribution < 1.29 is 9.59 Å². The molecule has 2 nitrogen and oxygen atoms in total. The zero-order chi connectivity index (χ0) is 10.4. The Labute approximate surface area is 88.6 Å². The lowest BCUT2D eigenvalue weighted by molar-refractivity contribution is -0.117. The van der Waals surface area contributed by atoms with Crippen LogP contribution in [0.2, 0.25) is 0 Å². The molecule has 0 saturated heterocycles. The first-order chi connectivity index (χ1) is 5.99. The van der Waals surface area contributed by atoms with Crippen molar-refractivity contribution in [2.75, 3.05) is 0 Å². The molecule has 0 radical (unpaired) electrons. The van der Waals surface area contributed by atoms with Crippen molar-refractivity contribution in [3.05, 3.63) is 0 Å². The maximum Gasteiger partial charge on any atom is 0.224 e. The average Bonchev–Trinajstić information content (AvgIpc) is 2.01. The summed E-state index contributed by atoms with van der Waals surface area (Å²) in [6.07, 6.45) is 1.64. The number of halogens is 2. The molecule has 0 amide bonds. The molecule has 2 atom stereocenters. The maximum absolute atomic E-state index is 10.9. The highest BCUT2D eigenvalue weighted by Crippen LogP contribution is 2.23. The summed E-state index contributed by atoms with van der Waals surface area (Å²) >= 11 is 10.6. The van der Waals surface area contributed by atoms with Crippen molar-refractivity contribution in [2.45, 2.75) is 33.1 Å². The minimum absolute atomic E-state index is 0.123. The zero-order valence-corrected chi connectivity index (χ0v) is 9.36. The van der Waals surface area contributed by atoms with E-state index in [0.717, 1.165) is 0 Å². The number of carbonyl (C=O) groups excluding carboxylic acids is 2. The molecule has 0 rings (SSSR count). The first kappa shape index (κ1) is 12.9. The summed E-state index contributed by atoms with van der Waals surface area (Å²) in [5.74, 6) is -0.0321. The first-order valence-electron chi connectivity index (χ1n) is 4.36. The van der Waals surface area contributed by atoms with Crippen molar-refractivity contribution in [2.24, 2.45) is 11.8 Å². The Morgan fingerprint density at radius 1 is 1.31 bits per heavy atom. The highest BCUT2D eigenvalue weighted by Gasteiger charge is 2.21. The van der Waals surface area contributed by atoms with E-state index in [2.05, 4.69) is 0 Å². The molecule has 0 aliphatic heterocycles. The van der Waals surface area contributed by atoms with Crippen molar-refractivity contribution in [1.82, 2.24) is 0 Å². The van der Waals surface area contributed by atoms with Crippen LogP contribution in [0, 0.1) is 11.8 Å². The summed E-state index contributed by atoms with van der Waals surface area (Å²) in [5.41, 5.74) is 0. The first-order valence-corrected chi connectivity index (χ1v) is 5.12. The van der Waals surface area contributed by atoms with Gasteiger partial charge >= 0.3 is 0 Å². The lowest BCUT2D eigenvalue weighted by Crippen LogP contribution is -2.17. The van der Waals surface area contributed by atoms with E-state index in [1.54, 1.807) is 0 Å². The van der Waals surface area contributed by atoms with Gasteiger partial charge < -0.3 is 0 Å². The van der Waals surface area contributed by atoms with Crippen LogP contribution in [0.3, 0.4) is 0 Å². The summed E-state index contributed by atoms with van der Waals surface area (Å²) in [6.45, 7) is 3.82. The zero-order valence-electron chi connectivity index (χ0n) is 7.85. The maximum atomic E-state index is 10.9. The smallest absolute Gasteiger partial charge is 0.224 e. The SMILES string of the molecule is CCC(C(=O)Cl)C(C)CCC(=O)Cl. The highest BCUT2D eigenvalue weighted by molar-refractivity contribution is 6.64. The van der Waals surface area contributed by atoms with Gasteiger partial charge in [0.05, 0.1) is 0 Å². The molecule has 0 bridgehead atoms. The van der Waals surface area contributed by atoms with Crippen LogP contribution < -0.4 is 0 Å². The molecule has 0 aromatic rings. The molecule has 0 saturated carbocycles. The van der Waals surface area contributed by atoms with E-state index in [-0.39, 0.29) is 22.3 Å². The van der Waals surface area contributed by atoms with Crippen LogP contribution in [-0.4, -0.2) is 10.5 Å². The van der Waals surface area contributed by atoms with Gasteiger partial charge in [0.25, 0.3) is 0 Å². The largest absolute Gasteiger partial charge is 0.281 e. The van der Waals surface area contributed by atoms with E-state index < -0.39 is 0 Å². The van der Waals surface area contributed by atoms with Gasteiger partial charge in [-0.15, -0.1) is 0 Å². The average molecular weight is 225 g/mol. The van der Waals surface area contributed by atoms with Crippen LogP contribution in [-0.2, 0) is 9.59 Å². The third-order valence-corrected chi connectivity index (χ3v) is 2.68. The lowest BCUT2D eigenvalue weighted by Gasteiger charge is -2.17. The molecule has 0 aliphatic carbocycles. The van der Waals surface area contributed by atoms with E-state index >= 15 is 0 Å². The van der Waals surface area contributed by atoms with Crippen molar-refractivity contribution in [3.8, 4) is 0 Å². The number of carbonyl (C=O) groups is 2. The van der Waals surface area contributed by atoms with Gasteiger partial charge in [0.2, 0.25) is 10.5 Å². The van der Waals surface area contributed by atoms with E-state index in [0.29, 0.717) is 19.3 Å². The molecule has 0 aromatic carbocycles. The quantitative estimate of drug-likeness (QED) is 0.651. The Morgan fingerprint density at radius 2 is 1.85 bits per heavy atom. The van der Waals surface area contributed by atoms with E-state index in [4.69, 9.17) is 23.2 Å². The van der Waals surface area contributed by atoms with Crippen LogP contribution >= 0.6 is 23.2 Å². The van der Waals surface area contributed by atoms with Crippen LogP contribution in [0.5, 0.6) is 0 Å². The Hall–Kier alpha value is -0.0800. The van der Waals surface area contributed by atoms with Crippen molar-refractivity contribution >= 4 is 33.7 Å². The van der Waals surface area contributed by atoms with Gasteiger partial charge in [0, 0.05) is 12.3 Å². The minimum atomic E-state index is -0.358.